The first-order valence-corrected chi connectivity index (χ1v) is 6.00. The smallest absolute Gasteiger partial charge is 0.254 e. The molecule has 1 aromatic carbocycles. The summed E-state index contributed by atoms with van der Waals surface area (Å²) in [4.78, 5) is 16.0. The van der Waals surface area contributed by atoms with Gasteiger partial charge in [-0.25, -0.2) is 4.98 Å². The molecule has 1 aromatic heterocycles. The molecular formula is C14H13ClN2O. The Hall–Kier alpha value is -1.87. The maximum absolute atomic E-state index is 11.9. The molecule has 4 heteroatoms. The lowest BCUT2D eigenvalue weighted by Crippen LogP contribution is -2.23. The van der Waals surface area contributed by atoms with Gasteiger partial charge in [0.2, 0.25) is 0 Å². The van der Waals surface area contributed by atoms with Crippen molar-refractivity contribution in [3.63, 3.8) is 0 Å². The molecule has 0 unspecified atom stereocenters. The third-order valence-electron chi connectivity index (χ3n) is 2.53. The van der Waals surface area contributed by atoms with E-state index in [2.05, 4.69) is 10.3 Å². The van der Waals surface area contributed by atoms with Crippen molar-refractivity contribution in [2.75, 3.05) is 0 Å². The van der Waals surface area contributed by atoms with Crippen molar-refractivity contribution in [3.8, 4) is 0 Å². The molecule has 92 valence electrons. The van der Waals surface area contributed by atoms with E-state index in [0.717, 1.165) is 11.3 Å². The van der Waals surface area contributed by atoms with Gasteiger partial charge in [-0.15, -0.1) is 0 Å². The number of aryl methyl sites for hydroxylation is 1. The van der Waals surface area contributed by atoms with Crippen LogP contribution in [0.1, 0.15) is 21.6 Å². The third kappa shape index (κ3) is 3.08. The van der Waals surface area contributed by atoms with Gasteiger partial charge in [0.1, 0.15) is 5.15 Å². The first kappa shape index (κ1) is 12.6. The number of hydrogen-bond donors (Lipinski definition) is 1. The Morgan fingerprint density at radius 1 is 1.22 bits per heavy atom. The van der Waals surface area contributed by atoms with Crippen LogP contribution in [-0.4, -0.2) is 10.9 Å². The van der Waals surface area contributed by atoms with Crippen molar-refractivity contribution < 1.29 is 4.79 Å². The van der Waals surface area contributed by atoms with E-state index in [1.807, 2.05) is 37.3 Å². The van der Waals surface area contributed by atoms with E-state index in [1.54, 1.807) is 12.1 Å². The highest BCUT2D eigenvalue weighted by atomic mass is 35.5. The number of rotatable bonds is 3. The van der Waals surface area contributed by atoms with Gasteiger partial charge < -0.3 is 5.32 Å². The minimum atomic E-state index is -0.212. The van der Waals surface area contributed by atoms with Crippen molar-refractivity contribution in [1.82, 2.24) is 10.3 Å². The number of halogens is 1. The SMILES string of the molecule is Cc1ccc(C(=O)NCc2ccccc2)c(Cl)n1. The molecule has 0 atom stereocenters. The molecule has 0 aliphatic heterocycles. The van der Waals surface area contributed by atoms with Gasteiger partial charge >= 0.3 is 0 Å². The summed E-state index contributed by atoms with van der Waals surface area (Å²) in [5.41, 5.74) is 2.24. The number of carbonyl (C=O) groups is 1. The fourth-order valence-corrected chi connectivity index (χ4v) is 1.85. The Morgan fingerprint density at radius 2 is 1.94 bits per heavy atom. The van der Waals surface area contributed by atoms with Gasteiger partial charge in [-0.05, 0) is 24.6 Å². The first-order valence-electron chi connectivity index (χ1n) is 5.62. The van der Waals surface area contributed by atoms with Crippen molar-refractivity contribution in [1.29, 1.82) is 0 Å². The van der Waals surface area contributed by atoms with Crippen LogP contribution in [-0.2, 0) is 6.54 Å². The average molecular weight is 261 g/mol. The molecular weight excluding hydrogens is 248 g/mol. The molecule has 1 heterocycles. The van der Waals surface area contributed by atoms with Gasteiger partial charge in [0, 0.05) is 12.2 Å². The number of carbonyl (C=O) groups excluding carboxylic acids is 1. The van der Waals surface area contributed by atoms with E-state index in [0.29, 0.717) is 12.1 Å². The number of amides is 1. The van der Waals surface area contributed by atoms with E-state index in [-0.39, 0.29) is 11.1 Å². The van der Waals surface area contributed by atoms with Crippen LogP contribution in [0.5, 0.6) is 0 Å². The van der Waals surface area contributed by atoms with Crippen LogP contribution in [0.4, 0.5) is 0 Å². The molecule has 18 heavy (non-hydrogen) atoms. The highest BCUT2D eigenvalue weighted by molar-refractivity contribution is 6.32. The number of nitrogens with one attached hydrogen (secondary N) is 1. The second kappa shape index (κ2) is 5.65. The minimum Gasteiger partial charge on any atom is -0.348 e. The zero-order valence-corrected chi connectivity index (χ0v) is 10.7. The normalized spacial score (nSPS) is 10.1. The molecule has 1 amide bonds. The summed E-state index contributed by atoms with van der Waals surface area (Å²) in [5, 5.41) is 3.05. The molecule has 0 fully saturated rings. The van der Waals surface area contributed by atoms with E-state index in [4.69, 9.17) is 11.6 Å². The zero-order chi connectivity index (χ0) is 13.0. The molecule has 0 bridgehead atoms. The Kier molecular flexibility index (Phi) is 3.95. The average Bonchev–Trinajstić information content (AvgIpc) is 2.37. The second-order valence-electron chi connectivity index (χ2n) is 3.96. The molecule has 2 rings (SSSR count). The lowest BCUT2D eigenvalue weighted by Gasteiger charge is -2.06. The molecule has 2 aromatic rings. The van der Waals surface area contributed by atoms with Gasteiger partial charge in [0.25, 0.3) is 5.91 Å². The quantitative estimate of drug-likeness (QED) is 0.862. The van der Waals surface area contributed by atoms with Gasteiger partial charge in [0.05, 0.1) is 5.56 Å². The van der Waals surface area contributed by atoms with Gasteiger partial charge in [0.15, 0.2) is 0 Å². The summed E-state index contributed by atoms with van der Waals surface area (Å²) in [6.45, 7) is 2.31. The molecule has 0 radical (unpaired) electrons. The molecule has 0 aliphatic rings. The highest BCUT2D eigenvalue weighted by Crippen LogP contribution is 2.13. The van der Waals surface area contributed by atoms with Crippen LogP contribution in [0.2, 0.25) is 5.15 Å². The summed E-state index contributed by atoms with van der Waals surface area (Å²) in [6.07, 6.45) is 0. The summed E-state index contributed by atoms with van der Waals surface area (Å²) >= 11 is 5.93. The van der Waals surface area contributed by atoms with Crippen LogP contribution in [0, 0.1) is 6.92 Å². The lowest BCUT2D eigenvalue weighted by atomic mass is 10.2. The van der Waals surface area contributed by atoms with E-state index >= 15 is 0 Å². The van der Waals surface area contributed by atoms with Gasteiger partial charge in [-0.1, -0.05) is 41.9 Å². The van der Waals surface area contributed by atoms with Gasteiger partial charge in [-0.2, -0.15) is 0 Å². The fraction of sp³-hybridized carbons (Fsp3) is 0.143. The molecule has 3 nitrogen and oxygen atoms in total. The van der Waals surface area contributed by atoms with E-state index in [1.165, 1.54) is 0 Å². The summed E-state index contributed by atoms with van der Waals surface area (Å²) in [7, 11) is 0. The number of aromatic nitrogens is 1. The van der Waals surface area contributed by atoms with E-state index < -0.39 is 0 Å². The molecule has 1 N–H and O–H groups in total. The Bertz CT molecular complexity index is 555. The number of hydrogen-bond acceptors (Lipinski definition) is 2. The number of nitrogens with zero attached hydrogens (tertiary/aromatic N) is 1. The van der Waals surface area contributed by atoms with Crippen LogP contribution in [0.25, 0.3) is 0 Å². The number of pyridine rings is 1. The standard InChI is InChI=1S/C14H13ClN2O/c1-10-7-8-12(13(15)17-10)14(18)16-9-11-5-3-2-4-6-11/h2-8H,9H2,1H3,(H,16,18). The van der Waals surface area contributed by atoms with Crippen LogP contribution < -0.4 is 5.32 Å². The van der Waals surface area contributed by atoms with Crippen molar-refractivity contribution >= 4 is 17.5 Å². The second-order valence-corrected chi connectivity index (χ2v) is 4.32. The Balaban J connectivity index is 2.04. The first-order chi connectivity index (χ1) is 8.66. The van der Waals surface area contributed by atoms with Crippen molar-refractivity contribution in [3.05, 3.63) is 64.4 Å². The Morgan fingerprint density at radius 3 is 2.61 bits per heavy atom. The van der Waals surface area contributed by atoms with Crippen LogP contribution in [0.15, 0.2) is 42.5 Å². The highest BCUT2D eigenvalue weighted by Gasteiger charge is 2.10. The van der Waals surface area contributed by atoms with E-state index in [9.17, 15) is 4.79 Å². The maximum atomic E-state index is 11.9. The van der Waals surface area contributed by atoms with Crippen molar-refractivity contribution in [2.45, 2.75) is 13.5 Å². The molecule has 0 saturated heterocycles. The lowest BCUT2D eigenvalue weighted by molar-refractivity contribution is 0.0950. The molecule has 0 saturated carbocycles. The summed E-state index contributed by atoms with van der Waals surface area (Å²) < 4.78 is 0. The zero-order valence-electron chi connectivity index (χ0n) is 9.98. The summed E-state index contributed by atoms with van der Waals surface area (Å²) in [6, 6.07) is 13.2. The molecule has 0 aliphatic carbocycles. The monoisotopic (exact) mass is 260 g/mol. The predicted molar refractivity (Wildman–Crippen MR) is 71.6 cm³/mol. The van der Waals surface area contributed by atoms with Crippen molar-refractivity contribution in [2.24, 2.45) is 0 Å². The van der Waals surface area contributed by atoms with Crippen LogP contribution in [0.3, 0.4) is 0 Å². The Labute approximate surface area is 111 Å². The fourth-order valence-electron chi connectivity index (χ4n) is 1.57. The predicted octanol–water partition coefficient (Wildman–Crippen LogP) is 2.97. The van der Waals surface area contributed by atoms with Gasteiger partial charge in [-0.3, -0.25) is 4.79 Å². The molecule has 0 spiro atoms. The van der Waals surface area contributed by atoms with Crippen LogP contribution >= 0.6 is 11.6 Å². The minimum absolute atomic E-state index is 0.212. The topological polar surface area (TPSA) is 42.0 Å². The summed E-state index contributed by atoms with van der Waals surface area (Å²) in [5.74, 6) is -0.212. The third-order valence-corrected chi connectivity index (χ3v) is 2.82. The largest absolute Gasteiger partial charge is 0.348 e. The maximum Gasteiger partial charge on any atom is 0.254 e. The number of benzene rings is 1.